The highest BCUT2D eigenvalue weighted by atomic mass is 35.5. The summed E-state index contributed by atoms with van der Waals surface area (Å²) in [5.74, 6) is -4.56. The molecule has 2 N–H and O–H groups in total. The minimum atomic E-state index is -1.14. The van der Waals surface area contributed by atoms with Crippen molar-refractivity contribution in [1.29, 1.82) is 0 Å². The Bertz CT molecular complexity index is 566. The third kappa shape index (κ3) is 3.71. The van der Waals surface area contributed by atoms with Crippen LogP contribution in [0.4, 0.5) is 4.39 Å². The Morgan fingerprint density at radius 2 is 1.95 bits per heavy atom. The van der Waals surface area contributed by atoms with Crippen LogP contribution < -0.4 is 0 Å². The van der Waals surface area contributed by atoms with Crippen LogP contribution >= 0.6 is 11.6 Å². The van der Waals surface area contributed by atoms with E-state index in [0.29, 0.717) is 17.1 Å². The molecular weight excluding hydrogens is 301 g/mol. The second kappa shape index (κ2) is 6.41. The summed E-state index contributed by atoms with van der Waals surface area (Å²) in [7, 11) is 0. The molecule has 1 saturated heterocycles. The molecule has 0 aromatic heterocycles. The van der Waals surface area contributed by atoms with Gasteiger partial charge < -0.3 is 10.2 Å². The van der Waals surface area contributed by atoms with Crippen molar-refractivity contribution < 1.29 is 24.2 Å². The highest BCUT2D eigenvalue weighted by molar-refractivity contribution is 6.30. The monoisotopic (exact) mass is 315 g/mol. The summed E-state index contributed by atoms with van der Waals surface area (Å²) in [6, 6.07) is 4.32. The van der Waals surface area contributed by atoms with Crippen molar-refractivity contribution in [3.63, 3.8) is 0 Å². The minimum Gasteiger partial charge on any atom is -0.481 e. The molecule has 5 nitrogen and oxygen atoms in total. The van der Waals surface area contributed by atoms with E-state index in [1.807, 2.05) is 0 Å². The van der Waals surface area contributed by atoms with Gasteiger partial charge in [0.2, 0.25) is 0 Å². The third-order valence-electron chi connectivity index (χ3n) is 3.74. The average molecular weight is 316 g/mol. The number of aliphatic carboxylic acids is 2. The molecule has 2 rings (SSSR count). The molecule has 1 heterocycles. The average Bonchev–Trinajstić information content (AvgIpc) is 2.41. The van der Waals surface area contributed by atoms with Crippen molar-refractivity contribution in [2.45, 2.75) is 13.0 Å². The third-order valence-corrected chi connectivity index (χ3v) is 3.98. The number of rotatable bonds is 4. The first-order valence-electron chi connectivity index (χ1n) is 6.50. The molecule has 1 aromatic carbocycles. The number of hydrogen-bond donors (Lipinski definition) is 2. The molecular formula is C14H15ClFNO4. The van der Waals surface area contributed by atoms with Gasteiger partial charge in [-0.25, -0.2) is 4.39 Å². The van der Waals surface area contributed by atoms with Crippen LogP contribution in [-0.2, 0) is 16.1 Å². The highest BCUT2D eigenvalue weighted by Crippen LogP contribution is 2.26. The minimum absolute atomic E-state index is 0.0916. The summed E-state index contributed by atoms with van der Waals surface area (Å²) in [4.78, 5) is 24.0. The fourth-order valence-corrected chi connectivity index (χ4v) is 2.76. The van der Waals surface area contributed by atoms with E-state index >= 15 is 0 Å². The zero-order valence-corrected chi connectivity index (χ0v) is 11.9. The van der Waals surface area contributed by atoms with Gasteiger partial charge in [0, 0.05) is 23.7 Å². The van der Waals surface area contributed by atoms with Crippen LogP contribution in [0.1, 0.15) is 12.0 Å². The number of carbonyl (C=O) groups is 2. The molecule has 1 aliphatic heterocycles. The molecule has 21 heavy (non-hydrogen) atoms. The molecule has 0 saturated carbocycles. The summed E-state index contributed by atoms with van der Waals surface area (Å²) < 4.78 is 13.7. The van der Waals surface area contributed by atoms with Crippen molar-refractivity contribution >= 4 is 23.5 Å². The number of piperidine rings is 1. The second-order valence-electron chi connectivity index (χ2n) is 5.15. The molecule has 1 aliphatic rings. The van der Waals surface area contributed by atoms with Gasteiger partial charge in [0.1, 0.15) is 5.82 Å². The molecule has 1 fully saturated rings. The smallest absolute Gasteiger partial charge is 0.308 e. The number of carboxylic acids is 2. The van der Waals surface area contributed by atoms with Gasteiger partial charge >= 0.3 is 11.9 Å². The van der Waals surface area contributed by atoms with E-state index < -0.39 is 29.6 Å². The number of carboxylic acid groups (broad SMARTS) is 2. The van der Waals surface area contributed by atoms with Crippen molar-refractivity contribution in [3.05, 3.63) is 34.6 Å². The quantitative estimate of drug-likeness (QED) is 0.889. The number of hydrogen-bond acceptors (Lipinski definition) is 3. The Balaban J connectivity index is 2.09. The molecule has 0 aliphatic carbocycles. The van der Waals surface area contributed by atoms with E-state index in [2.05, 4.69) is 0 Å². The fourth-order valence-electron chi connectivity index (χ4n) is 2.60. The Labute approximate surface area is 125 Å². The lowest BCUT2D eigenvalue weighted by molar-refractivity contribution is -0.157. The summed E-state index contributed by atoms with van der Waals surface area (Å²) in [6.45, 7) is 0.746. The van der Waals surface area contributed by atoms with Gasteiger partial charge in [-0.2, -0.15) is 0 Å². The van der Waals surface area contributed by atoms with Gasteiger partial charge in [-0.3, -0.25) is 14.5 Å². The Morgan fingerprint density at radius 1 is 1.29 bits per heavy atom. The molecule has 0 spiro atoms. The molecule has 7 heteroatoms. The number of nitrogens with zero attached hydrogens (tertiary/aromatic N) is 1. The normalized spacial score (nSPS) is 23.0. The topological polar surface area (TPSA) is 77.8 Å². The summed E-state index contributed by atoms with van der Waals surface area (Å²) in [5.41, 5.74) is 0.414. The van der Waals surface area contributed by atoms with E-state index in [-0.39, 0.29) is 19.5 Å². The molecule has 0 radical (unpaired) electrons. The number of halogens is 2. The van der Waals surface area contributed by atoms with Crippen LogP contribution in [0.5, 0.6) is 0 Å². The molecule has 114 valence electrons. The van der Waals surface area contributed by atoms with Crippen LogP contribution in [0.3, 0.4) is 0 Å². The summed E-state index contributed by atoms with van der Waals surface area (Å²) >= 11 is 5.68. The van der Waals surface area contributed by atoms with Gasteiger partial charge in [-0.1, -0.05) is 17.7 Å². The van der Waals surface area contributed by atoms with Crippen LogP contribution in [0.2, 0.25) is 5.02 Å². The SMILES string of the molecule is O=C(O)C1CCN(Cc2ccc(Cl)cc2F)CC1C(=O)O. The summed E-state index contributed by atoms with van der Waals surface area (Å²) in [5, 5.41) is 18.5. The first kappa shape index (κ1) is 15.7. The number of likely N-dealkylation sites (tertiary alicyclic amines) is 1. The predicted molar refractivity (Wildman–Crippen MR) is 73.6 cm³/mol. The molecule has 0 amide bonds. The Kier molecular flexibility index (Phi) is 4.80. The van der Waals surface area contributed by atoms with Gasteiger partial charge in [-0.05, 0) is 25.1 Å². The van der Waals surface area contributed by atoms with Crippen molar-refractivity contribution in [3.8, 4) is 0 Å². The van der Waals surface area contributed by atoms with E-state index in [4.69, 9.17) is 21.8 Å². The lowest BCUT2D eigenvalue weighted by Crippen LogP contribution is -2.46. The van der Waals surface area contributed by atoms with E-state index in [1.54, 1.807) is 17.0 Å². The van der Waals surface area contributed by atoms with Crippen molar-refractivity contribution in [2.24, 2.45) is 11.8 Å². The first-order chi connectivity index (χ1) is 9.88. The van der Waals surface area contributed by atoms with Crippen LogP contribution in [0, 0.1) is 17.7 Å². The Morgan fingerprint density at radius 3 is 2.52 bits per heavy atom. The largest absolute Gasteiger partial charge is 0.481 e. The summed E-state index contributed by atoms with van der Waals surface area (Å²) in [6.07, 6.45) is 0.238. The van der Waals surface area contributed by atoms with Crippen LogP contribution in [0.25, 0.3) is 0 Å². The maximum atomic E-state index is 13.7. The molecule has 0 bridgehead atoms. The Hall–Kier alpha value is -1.66. The molecule has 2 unspecified atom stereocenters. The van der Waals surface area contributed by atoms with Crippen LogP contribution in [0.15, 0.2) is 18.2 Å². The van der Waals surface area contributed by atoms with Gasteiger partial charge in [-0.15, -0.1) is 0 Å². The molecule has 2 atom stereocenters. The molecule has 1 aromatic rings. The van der Waals surface area contributed by atoms with Crippen molar-refractivity contribution in [1.82, 2.24) is 4.90 Å². The standard InChI is InChI=1S/C14H15ClFNO4/c15-9-2-1-8(12(16)5-9)6-17-4-3-10(13(18)19)11(7-17)14(20)21/h1-2,5,10-11H,3-4,6-7H2,(H,18,19)(H,20,21). The van der Waals surface area contributed by atoms with Gasteiger partial charge in [0.05, 0.1) is 11.8 Å². The van der Waals surface area contributed by atoms with E-state index in [9.17, 15) is 14.0 Å². The second-order valence-corrected chi connectivity index (χ2v) is 5.59. The maximum absolute atomic E-state index is 13.7. The highest BCUT2D eigenvalue weighted by Gasteiger charge is 2.38. The van der Waals surface area contributed by atoms with Crippen LogP contribution in [-0.4, -0.2) is 40.1 Å². The van der Waals surface area contributed by atoms with Gasteiger partial charge in [0.15, 0.2) is 0 Å². The van der Waals surface area contributed by atoms with Gasteiger partial charge in [0.25, 0.3) is 0 Å². The number of benzene rings is 1. The fraction of sp³-hybridized carbons (Fsp3) is 0.429. The lowest BCUT2D eigenvalue weighted by Gasteiger charge is -2.34. The first-order valence-corrected chi connectivity index (χ1v) is 6.88. The zero-order valence-electron chi connectivity index (χ0n) is 11.1. The van der Waals surface area contributed by atoms with E-state index in [0.717, 1.165) is 0 Å². The van der Waals surface area contributed by atoms with E-state index in [1.165, 1.54) is 6.07 Å². The zero-order chi connectivity index (χ0) is 15.6. The lowest BCUT2D eigenvalue weighted by atomic mass is 9.85. The predicted octanol–water partition coefficient (Wildman–Crippen LogP) is 2.09. The van der Waals surface area contributed by atoms with Crippen molar-refractivity contribution in [2.75, 3.05) is 13.1 Å². The maximum Gasteiger partial charge on any atom is 0.308 e.